The largest absolute Gasteiger partial charge is 0.503 e. The molecule has 2 N–H and O–H groups in total. The van der Waals surface area contributed by atoms with E-state index >= 15 is 4.39 Å². The molecule has 0 spiro atoms. The highest BCUT2D eigenvalue weighted by Gasteiger charge is 2.60. The summed E-state index contributed by atoms with van der Waals surface area (Å²) in [5, 5.41) is 13.9. The van der Waals surface area contributed by atoms with Crippen LogP contribution in [-0.4, -0.2) is 68.8 Å². The van der Waals surface area contributed by atoms with E-state index in [9.17, 15) is 14.3 Å². The lowest BCUT2D eigenvalue weighted by atomic mass is 9.64. The molecular weight excluding hydrogens is 502 g/mol. The number of rotatable bonds is 8. The van der Waals surface area contributed by atoms with Crippen LogP contribution in [-0.2, 0) is 4.79 Å². The maximum Gasteiger partial charge on any atom is 0.236 e. The zero-order valence-corrected chi connectivity index (χ0v) is 23.2. The van der Waals surface area contributed by atoms with E-state index in [4.69, 9.17) is 4.74 Å². The second-order valence-electron chi connectivity index (χ2n) is 11.1. The van der Waals surface area contributed by atoms with E-state index in [-0.39, 0.29) is 17.4 Å². The minimum absolute atomic E-state index is 0.0839. The number of ether oxygens (including phenoxy) is 1. The van der Waals surface area contributed by atoms with Crippen molar-refractivity contribution in [2.45, 2.75) is 45.6 Å². The maximum absolute atomic E-state index is 15.8. The Morgan fingerprint density at radius 1 is 1.03 bits per heavy atom. The van der Waals surface area contributed by atoms with Crippen LogP contribution in [0.1, 0.15) is 51.1 Å². The van der Waals surface area contributed by atoms with Crippen LogP contribution < -0.4 is 19.9 Å². The molecule has 3 saturated heterocycles. The van der Waals surface area contributed by atoms with Gasteiger partial charge < -0.3 is 25.0 Å². The Bertz CT molecular complexity index is 1190. The van der Waals surface area contributed by atoms with Gasteiger partial charge in [-0.25, -0.2) is 8.78 Å². The van der Waals surface area contributed by atoms with Gasteiger partial charge in [0, 0.05) is 57.4 Å². The number of aromatic hydroxyl groups is 1. The molecule has 0 radical (unpaired) electrons. The van der Waals surface area contributed by atoms with E-state index in [1.807, 2.05) is 13.8 Å². The maximum atomic E-state index is 15.8. The number of halogens is 2. The van der Waals surface area contributed by atoms with Gasteiger partial charge >= 0.3 is 0 Å². The van der Waals surface area contributed by atoms with Crippen LogP contribution in [0.5, 0.6) is 11.5 Å². The van der Waals surface area contributed by atoms with Crippen LogP contribution in [0.2, 0.25) is 0 Å². The van der Waals surface area contributed by atoms with E-state index in [0.717, 1.165) is 64.7 Å². The monoisotopic (exact) mass is 542 g/mol. The number of piperazine rings is 1. The molecule has 39 heavy (non-hydrogen) atoms. The smallest absolute Gasteiger partial charge is 0.236 e. The molecule has 0 saturated carbocycles. The average molecular weight is 543 g/mol. The topological polar surface area (TPSA) is 68.3 Å². The molecule has 5 rings (SSSR count). The molecule has 7 nitrogen and oxygen atoms in total. The van der Waals surface area contributed by atoms with E-state index in [1.165, 1.54) is 23.1 Å². The number of nitrogens with zero attached hydrogens (tertiary/aromatic N) is 3. The number of benzene rings is 2. The first kappa shape index (κ1) is 27.6. The lowest BCUT2D eigenvalue weighted by molar-refractivity contribution is -0.141. The molecule has 9 heteroatoms. The van der Waals surface area contributed by atoms with Crippen molar-refractivity contribution >= 4 is 17.3 Å². The Hall–Kier alpha value is -2.91. The van der Waals surface area contributed by atoms with Gasteiger partial charge in [0.25, 0.3) is 0 Å². The number of piperidine rings is 1. The number of para-hydroxylation sites is 1. The van der Waals surface area contributed by atoms with Crippen molar-refractivity contribution in [3.8, 4) is 11.5 Å². The molecular formula is C30H40F2N4O3. The third-order valence-corrected chi connectivity index (χ3v) is 9.19. The third kappa shape index (κ3) is 4.84. The number of phenols is 1. The summed E-state index contributed by atoms with van der Waals surface area (Å²) in [4.78, 5) is 19.5. The highest BCUT2D eigenvalue weighted by Crippen LogP contribution is 2.59. The Labute approximate surface area is 229 Å². The molecule has 3 fully saturated rings. The highest BCUT2D eigenvalue weighted by atomic mass is 19.1. The Morgan fingerprint density at radius 3 is 2.36 bits per heavy atom. The summed E-state index contributed by atoms with van der Waals surface area (Å²) in [5.74, 6) is -0.882. The van der Waals surface area contributed by atoms with Crippen LogP contribution in [0, 0.1) is 23.0 Å². The first-order chi connectivity index (χ1) is 18.8. The van der Waals surface area contributed by atoms with Crippen LogP contribution in [0.4, 0.5) is 20.2 Å². The van der Waals surface area contributed by atoms with E-state index < -0.39 is 23.0 Å². The predicted octanol–water partition coefficient (Wildman–Crippen LogP) is 4.69. The van der Waals surface area contributed by atoms with Gasteiger partial charge in [-0.1, -0.05) is 19.9 Å². The third-order valence-electron chi connectivity index (χ3n) is 9.19. The zero-order chi connectivity index (χ0) is 27.7. The van der Waals surface area contributed by atoms with Crippen LogP contribution in [0.25, 0.3) is 0 Å². The van der Waals surface area contributed by atoms with Crippen molar-refractivity contribution in [3.63, 3.8) is 0 Å². The molecule has 2 aromatic carbocycles. The molecule has 0 bridgehead atoms. The van der Waals surface area contributed by atoms with Crippen molar-refractivity contribution < 1.29 is 23.4 Å². The van der Waals surface area contributed by atoms with Gasteiger partial charge in [0.2, 0.25) is 5.91 Å². The van der Waals surface area contributed by atoms with Gasteiger partial charge in [-0.3, -0.25) is 9.69 Å². The molecule has 2 aromatic rings. The fourth-order valence-electron chi connectivity index (χ4n) is 6.78. The lowest BCUT2D eigenvalue weighted by Crippen LogP contribution is -2.63. The first-order valence-corrected chi connectivity index (χ1v) is 14.2. The van der Waals surface area contributed by atoms with Crippen molar-refractivity contribution in [1.29, 1.82) is 0 Å². The fourth-order valence-corrected chi connectivity index (χ4v) is 6.78. The minimum Gasteiger partial charge on any atom is -0.503 e. The van der Waals surface area contributed by atoms with E-state index in [2.05, 4.69) is 15.1 Å². The number of methoxy groups -OCH3 is 1. The Kier molecular flexibility index (Phi) is 8.01. The summed E-state index contributed by atoms with van der Waals surface area (Å²) in [6.45, 7) is 10.7. The Balaban J connectivity index is 1.42. The molecule has 0 unspecified atom stereocenters. The van der Waals surface area contributed by atoms with Crippen molar-refractivity contribution in [1.82, 2.24) is 10.2 Å². The summed E-state index contributed by atoms with van der Waals surface area (Å²) >= 11 is 0. The van der Waals surface area contributed by atoms with Crippen molar-refractivity contribution in [2.24, 2.45) is 11.3 Å². The fraction of sp³-hybridized carbons (Fsp3) is 0.567. The van der Waals surface area contributed by atoms with Crippen LogP contribution in [0.3, 0.4) is 0 Å². The van der Waals surface area contributed by atoms with E-state index in [1.54, 1.807) is 13.2 Å². The van der Waals surface area contributed by atoms with Crippen LogP contribution >= 0.6 is 0 Å². The summed E-state index contributed by atoms with van der Waals surface area (Å²) in [5.41, 5.74) is 0.308. The second kappa shape index (κ2) is 11.3. The number of carbonyl (C=O) groups excluding carboxylic acids is 1. The summed E-state index contributed by atoms with van der Waals surface area (Å²) < 4.78 is 35.9. The number of phenolic OH excluding ortho intramolecular Hbond substituents is 1. The second-order valence-corrected chi connectivity index (χ2v) is 11.1. The van der Waals surface area contributed by atoms with Gasteiger partial charge in [-0.05, 0) is 49.8 Å². The lowest BCUT2D eigenvalue weighted by Gasteiger charge is -2.56. The molecule has 0 aliphatic carbocycles. The van der Waals surface area contributed by atoms with E-state index in [0.29, 0.717) is 35.8 Å². The predicted molar refractivity (Wildman–Crippen MR) is 149 cm³/mol. The number of anilines is 2. The molecule has 1 atom stereocenters. The van der Waals surface area contributed by atoms with Crippen LogP contribution in [0.15, 0.2) is 30.3 Å². The van der Waals surface area contributed by atoms with Gasteiger partial charge in [0.15, 0.2) is 11.6 Å². The molecule has 212 valence electrons. The normalized spacial score (nSPS) is 22.2. The van der Waals surface area contributed by atoms with Gasteiger partial charge in [-0.2, -0.15) is 0 Å². The average Bonchev–Trinajstić information content (AvgIpc) is 2.95. The Morgan fingerprint density at radius 2 is 1.72 bits per heavy atom. The number of hydrogen-bond acceptors (Lipinski definition) is 6. The number of carbonyl (C=O) groups is 1. The van der Waals surface area contributed by atoms with Gasteiger partial charge in [0.05, 0.1) is 29.9 Å². The summed E-state index contributed by atoms with van der Waals surface area (Å²) in [6, 6.07) is 6.73. The summed E-state index contributed by atoms with van der Waals surface area (Å²) in [6.07, 6.45) is 3.05. The van der Waals surface area contributed by atoms with Crippen molar-refractivity contribution in [3.05, 3.63) is 47.5 Å². The van der Waals surface area contributed by atoms with Crippen molar-refractivity contribution in [2.75, 3.05) is 62.7 Å². The molecule has 3 aliphatic rings. The molecule has 0 aromatic heterocycles. The number of nitrogens with one attached hydrogen (secondary N) is 1. The highest BCUT2D eigenvalue weighted by molar-refractivity contribution is 6.07. The summed E-state index contributed by atoms with van der Waals surface area (Å²) in [7, 11) is 1.55. The molecule has 3 aliphatic heterocycles. The standard InChI is InChI=1S/C30H40F2N4O3/c1-4-30(5-2)28(36(29(30)38)24-8-6-7-22(31)27(24)37)21-17-23(32)25(18-26(21)39-3)35-13-9-20(10-14-35)19-34-15-11-33-12-16-34/h6-8,17-18,20,28,33,37H,4-5,9-16,19H2,1-3H3/t28-/m0/s1. The van der Waals surface area contributed by atoms with Gasteiger partial charge in [-0.15, -0.1) is 0 Å². The molecule has 3 heterocycles. The minimum atomic E-state index is -0.807. The number of β-lactam (4-membered cyclic amide) rings is 1. The number of amides is 1. The first-order valence-electron chi connectivity index (χ1n) is 14.2. The zero-order valence-electron chi connectivity index (χ0n) is 23.2. The quantitative estimate of drug-likeness (QED) is 0.472. The SMILES string of the molecule is CCC1(CC)C(=O)N(c2cccc(F)c2O)[C@H]1c1cc(F)c(N2CCC(CN3CCNCC3)CC2)cc1OC. The van der Waals surface area contributed by atoms with Gasteiger partial charge in [0.1, 0.15) is 11.6 Å². The number of hydrogen-bond donors (Lipinski definition) is 2. The molecule has 1 amide bonds.